The lowest BCUT2D eigenvalue weighted by atomic mass is 10.2. The summed E-state index contributed by atoms with van der Waals surface area (Å²) in [5.74, 6) is -0.379. The minimum Gasteiger partial charge on any atom is -0.328 e. The third kappa shape index (κ3) is 2.91. The van der Waals surface area contributed by atoms with Crippen LogP contribution in [0.2, 0.25) is 10.0 Å². The van der Waals surface area contributed by atoms with Crippen LogP contribution in [-0.2, 0) is 0 Å². The number of benzene rings is 1. The van der Waals surface area contributed by atoms with E-state index in [9.17, 15) is 9.59 Å². The molecule has 2 rings (SSSR count). The van der Waals surface area contributed by atoms with Crippen LogP contribution in [0, 0.1) is 0 Å². The molecule has 0 fully saturated rings. The van der Waals surface area contributed by atoms with Crippen molar-refractivity contribution in [1.29, 1.82) is 0 Å². The molecule has 0 radical (unpaired) electrons. The van der Waals surface area contributed by atoms with Gasteiger partial charge in [-0.05, 0) is 24.3 Å². The molecule has 4 nitrogen and oxygen atoms in total. The first kappa shape index (κ1) is 12.7. The first-order valence-corrected chi connectivity index (χ1v) is 5.77. The van der Waals surface area contributed by atoms with Gasteiger partial charge in [-0.2, -0.15) is 0 Å². The third-order valence-corrected chi connectivity index (χ3v) is 2.79. The number of amides is 1. The Morgan fingerprint density at radius 2 is 1.94 bits per heavy atom. The highest BCUT2D eigenvalue weighted by Crippen LogP contribution is 2.25. The normalized spacial score (nSPS) is 10.1. The van der Waals surface area contributed by atoms with Gasteiger partial charge in [-0.25, -0.2) is 0 Å². The Morgan fingerprint density at radius 1 is 1.17 bits per heavy atom. The fourth-order valence-corrected chi connectivity index (χ4v) is 1.68. The smallest absolute Gasteiger partial charge is 0.257 e. The third-order valence-electron chi connectivity index (χ3n) is 2.22. The van der Waals surface area contributed by atoms with Crippen molar-refractivity contribution in [3.05, 3.63) is 62.5 Å². The summed E-state index contributed by atoms with van der Waals surface area (Å²) in [4.78, 5) is 25.1. The summed E-state index contributed by atoms with van der Waals surface area (Å²) >= 11 is 11.7. The lowest BCUT2D eigenvalue weighted by molar-refractivity contribution is 0.102. The van der Waals surface area contributed by atoms with Crippen molar-refractivity contribution in [2.24, 2.45) is 0 Å². The Morgan fingerprint density at radius 3 is 2.61 bits per heavy atom. The number of aromatic amines is 1. The number of rotatable bonds is 2. The highest BCUT2D eigenvalue weighted by Gasteiger charge is 2.08. The monoisotopic (exact) mass is 282 g/mol. The van der Waals surface area contributed by atoms with Crippen LogP contribution in [0.5, 0.6) is 0 Å². The minimum atomic E-state index is -0.379. The number of hydrogen-bond acceptors (Lipinski definition) is 2. The molecule has 2 N–H and O–H groups in total. The molecule has 18 heavy (non-hydrogen) atoms. The molecule has 92 valence electrons. The van der Waals surface area contributed by atoms with Crippen LogP contribution in [0.15, 0.2) is 41.3 Å². The average Bonchev–Trinajstić information content (AvgIpc) is 2.34. The highest BCUT2D eigenvalue weighted by atomic mass is 35.5. The van der Waals surface area contributed by atoms with E-state index >= 15 is 0 Å². The molecule has 0 unspecified atom stereocenters. The van der Waals surface area contributed by atoms with Crippen molar-refractivity contribution in [3.8, 4) is 0 Å². The fraction of sp³-hybridized carbons (Fsp3) is 0. The zero-order valence-electron chi connectivity index (χ0n) is 9.04. The molecule has 2 aromatic rings. The molecule has 1 heterocycles. The Bertz CT molecular complexity index is 632. The van der Waals surface area contributed by atoms with E-state index in [-0.39, 0.29) is 11.5 Å². The molecular weight excluding hydrogens is 275 g/mol. The number of H-pyrrole nitrogens is 1. The quantitative estimate of drug-likeness (QED) is 0.890. The maximum absolute atomic E-state index is 11.9. The topological polar surface area (TPSA) is 62.0 Å². The Labute approximate surface area is 113 Å². The van der Waals surface area contributed by atoms with Crippen molar-refractivity contribution in [3.63, 3.8) is 0 Å². The Hall–Kier alpha value is -1.78. The summed E-state index contributed by atoms with van der Waals surface area (Å²) in [6.45, 7) is 0. The molecule has 0 aliphatic heterocycles. The molecule has 1 aromatic carbocycles. The summed E-state index contributed by atoms with van der Waals surface area (Å²) in [6.07, 6.45) is 1.33. The van der Waals surface area contributed by atoms with Crippen LogP contribution >= 0.6 is 23.2 Å². The van der Waals surface area contributed by atoms with Crippen LogP contribution < -0.4 is 10.9 Å². The summed E-state index contributed by atoms with van der Waals surface area (Å²) in [5, 5.41) is 3.46. The van der Waals surface area contributed by atoms with E-state index in [1.165, 1.54) is 18.3 Å². The maximum atomic E-state index is 11.9. The second-order valence-electron chi connectivity index (χ2n) is 3.52. The van der Waals surface area contributed by atoms with E-state index < -0.39 is 0 Å². The summed E-state index contributed by atoms with van der Waals surface area (Å²) in [7, 11) is 0. The molecule has 0 spiro atoms. The highest BCUT2D eigenvalue weighted by molar-refractivity contribution is 6.35. The number of pyridine rings is 1. The molecule has 1 amide bonds. The van der Waals surface area contributed by atoms with Gasteiger partial charge in [0.1, 0.15) is 0 Å². The minimum absolute atomic E-state index is 0.271. The molecule has 0 aliphatic rings. The van der Waals surface area contributed by atoms with Gasteiger partial charge in [0.15, 0.2) is 0 Å². The van der Waals surface area contributed by atoms with Crippen molar-refractivity contribution in [2.75, 3.05) is 5.32 Å². The molecule has 0 atom stereocenters. The number of anilines is 1. The van der Waals surface area contributed by atoms with Crippen LogP contribution in [0.4, 0.5) is 5.69 Å². The van der Waals surface area contributed by atoms with E-state index in [1.807, 2.05) is 0 Å². The molecule has 0 bridgehead atoms. The van der Waals surface area contributed by atoms with Gasteiger partial charge in [-0.15, -0.1) is 0 Å². The van der Waals surface area contributed by atoms with E-state index in [2.05, 4.69) is 10.3 Å². The van der Waals surface area contributed by atoms with Gasteiger partial charge in [-0.3, -0.25) is 9.59 Å². The van der Waals surface area contributed by atoms with Crippen molar-refractivity contribution < 1.29 is 4.79 Å². The zero-order valence-corrected chi connectivity index (χ0v) is 10.5. The van der Waals surface area contributed by atoms with Gasteiger partial charge in [0.2, 0.25) is 5.56 Å². The Kier molecular flexibility index (Phi) is 3.69. The first-order chi connectivity index (χ1) is 8.56. The van der Waals surface area contributed by atoms with E-state index in [0.29, 0.717) is 21.3 Å². The number of carbonyl (C=O) groups is 1. The van der Waals surface area contributed by atoms with Gasteiger partial charge >= 0.3 is 0 Å². The summed E-state index contributed by atoms with van der Waals surface area (Å²) in [5.41, 5.74) is 0.471. The predicted molar refractivity (Wildman–Crippen MR) is 71.5 cm³/mol. The second kappa shape index (κ2) is 5.25. The molecule has 0 saturated carbocycles. The van der Waals surface area contributed by atoms with Crippen LogP contribution in [0.1, 0.15) is 10.4 Å². The first-order valence-electron chi connectivity index (χ1n) is 5.01. The fourth-order valence-electron chi connectivity index (χ4n) is 1.34. The predicted octanol–water partition coefficient (Wildman–Crippen LogP) is 2.93. The number of hydrogen-bond donors (Lipinski definition) is 2. The SMILES string of the molecule is O=C(Nc1cc(Cl)ccc1Cl)c1ccc(=O)[nH]c1. The van der Waals surface area contributed by atoms with Gasteiger partial charge in [0.05, 0.1) is 16.3 Å². The van der Waals surface area contributed by atoms with E-state index in [0.717, 1.165) is 0 Å². The molecular formula is C12H8Cl2N2O2. The van der Waals surface area contributed by atoms with E-state index in [4.69, 9.17) is 23.2 Å². The van der Waals surface area contributed by atoms with Gasteiger partial charge in [0.25, 0.3) is 5.91 Å². The number of halogens is 2. The van der Waals surface area contributed by atoms with Crippen molar-refractivity contribution >= 4 is 34.8 Å². The Balaban J connectivity index is 2.23. The lowest BCUT2D eigenvalue weighted by Crippen LogP contribution is -2.14. The maximum Gasteiger partial charge on any atom is 0.257 e. The van der Waals surface area contributed by atoms with Gasteiger partial charge in [-0.1, -0.05) is 23.2 Å². The van der Waals surface area contributed by atoms with Crippen molar-refractivity contribution in [2.45, 2.75) is 0 Å². The number of carbonyl (C=O) groups excluding carboxylic acids is 1. The van der Waals surface area contributed by atoms with Crippen LogP contribution in [0.25, 0.3) is 0 Å². The van der Waals surface area contributed by atoms with Gasteiger partial charge < -0.3 is 10.3 Å². The second-order valence-corrected chi connectivity index (χ2v) is 4.36. The zero-order chi connectivity index (χ0) is 13.1. The van der Waals surface area contributed by atoms with Gasteiger partial charge in [0, 0.05) is 17.3 Å². The summed E-state index contributed by atoms with van der Waals surface area (Å²) in [6, 6.07) is 7.46. The van der Waals surface area contributed by atoms with E-state index in [1.54, 1.807) is 18.2 Å². The standard InChI is InChI=1S/C12H8Cl2N2O2/c13-8-2-3-9(14)10(5-8)16-12(18)7-1-4-11(17)15-6-7/h1-6H,(H,15,17)(H,16,18). The molecule has 0 saturated heterocycles. The number of nitrogens with one attached hydrogen (secondary N) is 2. The lowest BCUT2D eigenvalue weighted by Gasteiger charge is -2.07. The van der Waals surface area contributed by atoms with Crippen LogP contribution in [-0.4, -0.2) is 10.9 Å². The average molecular weight is 283 g/mol. The molecule has 0 aliphatic carbocycles. The summed E-state index contributed by atoms with van der Waals surface area (Å²) < 4.78 is 0. The van der Waals surface area contributed by atoms with Crippen LogP contribution in [0.3, 0.4) is 0 Å². The number of aromatic nitrogens is 1. The molecule has 1 aromatic heterocycles. The largest absolute Gasteiger partial charge is 0.328 e. The molecule has 6 heteroatoms. The van der Waals surface area contributed by atoms with Crippen molar-refractivity contribution in [1.82, 2.24) is 4.98 Å².